The predicted octanol–water partition coefficient (Wildman–Crippen LogP) is 3.53. The van der Waals surface area contributed by atoms with Gasteiger partial charge in [-0.25, -0.2) is 4.99 Å². The van der Waals surface area contributed by atoms with Crippen LogP contribution in [0.15, 0.2) is 28.6 Å². The van der Waals surface area contributed by atoms with Crippen LogP contribution in [0.2, 0.25) is 10.0 Å². The standard InChI is InChI=1S/C14H15Cl2N3OS/c1-9-8-21-14(19(9)6-5-17-10(2)20)18-13-4-3-11(15)7-12(13)16/h3-4,7-8H,5-6H2,1-2H3,(H,17,20). The first-order valence-electron chi connectivity index (χ1n) is 6.36. The molecule has 0 aliphatic heterocycles. The highest BCUT2D eigenvalue weighted by Gasteiger charge is 2.04. The quantitative estimate of drug-likeness (QED) is 0.906. The molecule has 4 nitrogen and oxygen atoms in total. The molecule has 0 saturated heterocycles. The largest absolute Gasteiger partial charge is 0.355 e. The number of carbonyl (C=O) groups is 1. The second-order valence-corrected chi connectivity index (χ2v) is 6.18. The Labute approximate surface area is 137 Å². The van der Waals surface area contributed by atoms with Gasteiger partial charge in [-0.1, -0.05) is 23.2 Å². The molecule has 1 amide bonds. The average Bonchev–Trinajstić information content (AvgIpc) is 2.74. The summed E-state index contributed by atoms with van der Waals surface area (Å²) in [5, 5.41) is 5.90. The highest BCUT2D eigenvalue weighted by Crippen LogP contribution is 2.27. The van der Waals surface area contributed by atoms with E-state index in [0.717, 1.165) is 10.5 Å². The van der Waals surface area contributed by atoms with Crippen LogP contribution in [-0.4, -0.2) is 17.0 Å². The third kappa shape index (κ3) is 4.33. The summed E-state index contributed by atoms with van der Waals surface area (Å²) in [7, 11) is 0. The van der Waals surface area contributed by atoms with E-state index in [-0.39, 0.29) is 5.91 Å². The highest BCUT2D eigenvalue weighted by atomic mass is 35.5. The summed E-state index contributed by atoms with van der Waals surface area (Å²) in [6.45, 7) is 4.74. The van der Waals surface area contributed by atoms with E-state index < -0.39 is 0 Å². The van der Waals surface area contributed by atoms with Crippen molar-refractivity contribution in [2.45, 2.75) is 20.4 Å². The van der Waals surface area contributed by atoms with E-state index in [0.29, 0.717) is 28.8 Å². The van der Waals surface area contributed by atoms with Crippen LogP contribution in [0.25, 0.3) is 0 Å². The lowest BCUT2D eigenvalue weighted by atomic mass is 10.3. The fraction of sp³-hybridized carbons (Fsp3) is 0.286. The number of nitrogens with zero attached hydrogens (tertiary/aromatic N) is 2. The Morgan fingerprint density at radius 2 is 2.19 bits per heavy atom. The number of amides is 1. The first-order valence-corrected chi connectivity index (χ1v) is 8.00. The predicted molar refractivity (Wildman–Crippen MR) is 87.4 cm³/mol. The lowest BCUT2D eigenvalue weighted by Gasteiger charge is -2.06. The number of benzene rings is 1. The molecule has 0 unspecified atom stereocenters. The SMILES string of the molecule is CC(=O)NCCn1c(C)csc1=Nc1ccc(Cl)cc1Cl. The molecule has 1 heterocycles. The second kappa shape index (κ2) is 7.11. The zero-order valence-electron chi connectivity index (χ0n) is 11.7. The maximum atomic E-state index is 10.9. The minimum absolute atomic E-state index is 0.0392. The molecule has 0 aliphatic carbocycles. The van der Waals surface area contributed by atoms with Gasteiger partial charge in [0.05, 0.1) is 10.7 Å². The van der Waals surface area contributed by atoms with E-state index in [2.05, 4.69) is 10.3 Å². The number of aromatic nitrogens is 1. The van der Waals surface area contributed by atoms with Crippen molar-refractivity contribution in [3.05, 3.63) is 44.1 Å². The van der Waals surface area contributed by atoms with Crippen LogP contribution in [0, 0.1) is 6.92 Å². The van der Waals surface area contributed by atoms with Crippen LogP contribution in [0.1, 0.15) is 12.6 Å². The van der Waals surface area contributed by atoms with Gasteiger partial charge in [-0.15, -0.1) is 11.3 Å². The van der Waals surface area contributed by atoms with Crippen molar-refractivity contribution in [1.82, 2.24) is 9.88 Å². The highest BCUT2D eigenvalue weighted by molar-refractivity contribution is 7.07. The van der Waals surface area contributed by atoms with E-state index >= 15 is 0 Å². The molecule has 2 aromatic rings. The third-order valence-corrected chi connectivity index (χ3v) is 4.35. The van der Waals surface area contributed by atoms with E-state index in [4.69, 9.17) is 23.2 Å². The summed E-state index contributed by atoms with van der Waals surface area (Å²) in [5.41, 5.74) is 1.77. The lowest BCUT2D eigenvalue weighted by Crippen LogP contribution is -2.28. The summed E-state index contributed by atoms with van der Waals surface area (Å²) < 4.78 is 2.05. The Morgan fingerprint density at radius 1 is 1.43 bits per heavy atom. The molecular weight excluding hydrogens is 329 g/mol. The third-order valence-electron chi connectivity index (χ3n) is 2.83. The van der Waals surface area contributed by atoms with E-state index in [1.165, 1.54) is 18.3 Å². The topological polar surface area (TPSA) is 46.4 Å². The van der Waals surface area contributed by atoms with Gasteiger partial charge in [0.25, 0.3) is 0 Å². The smallest absolute Gasteiger partial charge is 0.216 e. The minimum Gasteiger partial charge on any atom is -0.355 e. The minimum atomic E-state index is -0.0392. The monoisotopic (exact) mass is 343 g/mol. The second-order valence-electron chi connectivity index (χ2n) is 4.50. The van der Waals surface area contributed by atoms with Crippen LogP contribution in [-0.2, 0) is 11.3 Å². The van der Waals surface area contributed by atoms with Crippen LogP contribution in [0.5, 0.6) is 0 Å². The van der Waals surface area contributed by atoms with Crippen molar-refractivity contribution >= 4 is 46.1 Å². The summed E-state index contributed by atoms with van der Waals surface area (Å²) in [6, 6.07) is 5.22. The van der Waals surface area contributed by atoms with Gasteiger partial charge in [-0.05, 0) is 25.1 Å². The molecule has 2 rings (SSSR count). The number of halogens is 2. The average molecular weight is 344 g/mol. The van der Waals surface area contributed by atoms with Crippen molar-refractivity contribution in [1.29, 1.82) is 0 Å². The Kier molecular flexibility index (Phi) is 5.45. The van der Waals surface area contributed by atoms with E-state index in [1.807, 2.05) is 16.9 Å². The van der Waals surface area contributed by atoms with Gasteiger partial charge in [0.2, 0.25) is 5.91 Å². The fourth-order valence-corrected chi connectivity index (χ4v) is 3.16. The van der Waals surface area contributed by atoms with Gasteiger partial charge in [0, 0.05) is 36.1 Å². The molecule has 21 heavy (non-hydrogen) atoms. The molecule has 0 saturated carbocycles. The molecule has 0 fully saturated rings. The number of hydrogen-bond acceptors (Lipinski definition) is 3. The van der Waals surface area contributed by atoms with Crippen LogP contribution >= 0.6 is 34.5 Å². The molecule has 0 radical (unpaired) electrons. The Balaban J connectivity index is 2.31. The maximum Gasteiger partial charge on any atom is 0.216 e. The van der Waals surface area contributed by atoms with E-state index in [1.54, 1.807) is 18.2 Å². The van der Waals surface area contributed by atoms with E-state index in [9.17, 15) is 4.79 Å². The Morgan fingerprint density at radius 3 is 2.86 bits per heavy atom. The first kappa shape index (κ1) is 16.1. The van der Waals surface area contributed by atoms with Gasteiger partial charge in [-0.2, -0.15) is 0 Å². The van der Waals surface area contributed by atoms with Gasteiger partial charge in [0.1, 0.15) is 0 Å². The molecule has 7 heteroatoms. The van der Waals surface area contributed by atoms with Crippen LogP contribution in [0.4, 0.5) is 5.69 Å². The molecule has 112 valence electrons. The Bertz CT molecular complexity index is 721. The van der Waals surface area contributed by atoms with Gasteiger partial charge in [-0.3, -0.25) is 4.79 Å². The number of hydrogen-bond donors (Lipinski definition) is 1. The number of rotatable bonds is 4. The first-order chi connectivity index (χ1) is 9.97. The van der Waals surface area contributed by atoms with Crippen molar-refractivity contribution in [2.24, 2.45) is 4.99 Å². The molecule has 1 aromatic carbocycles. The van der Waals surface area contributed by atoms with Gasteiger partial charge >= 0.3 is 0 Å². The van der Waals surface area contributed by atoms with Crippen LogP contribution in [0.3, 0.4) is 0 Å². The summed E-state index contributed by atoms with van der Waals surface area (Å²) >= 11 is 13.6. The van der Waals surface area contributed by atoms with Crippen molar-refractivity contribution < 1.29 is 4.79 Å². The molecule has 0 atom stereocenters. The summed E-state index contributed by atoms with van der Waals surface area (Å²) in [4.78, 5) is 16.4. The van der Waals surface area contributed by atoms with Gasteiger partial charge in [0.15, 0.2) is 4.80 Å². The maximum absolute atomic E-state index is 10.9. The molecule has 0 bridgehead atoms. The molecule has 1 aromatic heterocycles. The summed E-state index contributed by atoms with van der Waals surface area (Å²) in [5.74, 6) is -0.0392. The zero-order chi connectivity index (χ0) is 15.4. The van der Waals surface area contributed by atoms with Crippen molar-refractivity contribution in [3.63, 3.8) is 0 Å². The van der Waals surface area contributed by atoms with Crippen LogP contribution < -0.4 is 10.1 Å². The lowest BCUT2D eigenvalue weighted by molar-refractivity contribution is -0.118. The number of nitrogens with one attached hydrogen (secondary N) is 1. The number of thiazole rings is 1. The molecule has 1 N–H and O–H groups in total. The molecular formula is C14H15Cl2N3OS. The number of carbonyl (C=O) groups excluding carboxylic acids is 1. The summed E-state index contributed by atoms with van der Waals surface area (Å²) in [6.07, 6.45) is 0. The zero-order valence-corrected chi connectivity index (χ0v) is 14.0. The fourth-order valence-electron chi connectivity index (χ4n) is 1.79. The van der Waals surface area contributed by atoms with Gasteiger partial charge < -0.3 is 9.88 Å². The molecule has 0 spiro atoms. The number of aryl methyl sites for hydroxylation is 1. The Hall–Kier alpha value is -1.30. The van der Waals surface area contributed by atoms with Crippen molar-refractivity contribution in [2.75, 3.05) is 6.54 Å². The normalized spacial score (nSPS) is 11.7. The molecule has 0 aliphatic rings. The van der Waals surface area contributed by atoms with Crippen molar-refractivity contribution in [3.8, 4) is 0 Å².